The standard InChI is InChI=1S/C16H24N4O3/c1-7-23-12-8-11(16(12,2)3)18(4)13-10(9-17)14(21)20(6)15(22)19(13)5/h11-12H,7-8H2,1-6H3/t11-,12-/m0/s1. The van der Waals surface area contributed by atoms with Crippen molar-refractivity contribution in [1.82, 2.24) is 9.13 Å². The number of rotatable bonds is 4. The van der Waals surface area contributed by atoms with Crippen molar-refractivity contribution in [1.29, 1.82) is 5.26 Å². The Kier molecular flexibility index (Phi) is 4.40. The molecule has 0 unspecified atom stereocenters. The van der Waals surface area contributed by atoms with Crippen LogP contribution >= 0.6 is 0 Å². The summed E-state index contributed by atoms with van der Waals surface area (Å²) in [4.78, 5) is 26.3. The van der Waals surface area contributed by atoms with Gasteiger partial charge in [-0.05, 0) is 13.3 Å². The lowest BCUT2D eigenvalue weighted by molar-refractivity contribution is -0.104. The van der Waals surface area contributed by atoms with E-state index in [1.165, 1.54) is 11.6 Å². The lowest BCUT2D eigenvalue weighted by atomic mass is 9.63. The summed E-state index contributed by atoms with van der Waals surface area (Å²) in [5.74, 6) is 0.369. The van der Waals surface area contributed by atoms with Crippen LogP contribution in [0.5, 0.6) is 0 Å². The average Bonchev–Trinajstić information content (AvgIpc) is 2.51. The Morgan fingerprint density at radius 1 is 1.35 bits per heavy atom. The molecule has 2 rings (SSSR count). The second kappa shape index (κ2) is 5.85. The van der Waals surface area contributed by atoms with Crippen molar-refractivity contribution in [2.75, 3.05) is 18.6 Å². The van der Waals surface area contributed by atoms with Gasteiger partial charge in [0.25, 0.3) is 5.56 Å². The first-order valence-corrected chi connectivity index (χ1v) is 7.73. The van der Waals surface area contributed by atoms with E-state index in [1.807, 2.05) is 24.9 Å². The molecule has 1 aliphatic rings. The van der Waals surface area contributed by atoms with Gasteiger partial charge >= 0.3 is 5.69 Å². The van der Waals surface area contributed by atoms with Crippen LogP contribution in [0.1, 0.15) is 32.8 Å². The van der Waals surface area contributed by atoms with Crippen molar-refractivity contribution in [3.8, 4) is 6.07 Å². The molecule has 1 saturated carbocycles. The van der Waals surface area contributed by atoms with Gasteiger partial charge in [-0.1, -0.05) is 13.8 Å². The number of anilines is 1. The Hall–Kier alpha value is -2.07. The Balaban J connectivity index is 2.50. The number of ether oxygens (including phenoxy) is 1. The third-order valence-corrected chi connectivity index (χ3v) is 5.04. The fraction of sp³-hybridized carbons (Fsp3) is 0.688. The molecule has 7 heteroatoms. The van der Waals surface area contributed by atoms with Gasteiger partial charge in [-0.15, -0.1) is 0 Å². The van der Waals surface area contributed by atoms with Crippen LogP contribution in [0, 0.1) is 16.7 Å². The van der Waals surface area contributed by atoms with Crippen LogP contribution in [0.2, 0.25) is 0 Å². The van der Waals surface area contributed by atoms with Gasteiger partial charge in [0, 0.05) is 39.2 Å². The third-order valence-electron chi connectivity index (χ3n) is 5.04. The summed E-state index contributed by atoms with van der Waals surface area (Å²) in [7, 11) is 4.79. The van der Waals surface area contributed by atoms with Crippen LogP contribution in [0.3, 0.4) is 0 Å². The molecule has 0 aromatic carbocycles. The highest BCUT2D eigenvalue weighted by molar-refractivity contribution is 5.54. The van der Waals surface area contributed by atoms with Crippen LogP contribution in [-0.2, 0) is 18.8 Å². The zero-order valence-corrected chi connectivity index (χ0v) is 14.6. The monoisotopic (exact) mass is 320 g/mol. The Labute approximate surface area is 135 Å². The summed E-state index contributed by atoms with van der Waals surface area (Å²) in [6.07, 6.45) is 0.931. The maximum Gasteiger partial charge on any atom is 0.332 e. The van der Waals surface area contributed by atoms with Crippen molar-refractivity contribution in [3.63, 3.8) is 0 Å². The topological polar surface area (TPSA) is 80.3 Å². The molecule has 7 nitrogen and oxygen atoms in total. The molecule has 126 valence electrons. The first-order valence-electron chi connectivity index (χ1n) is 7.73. The van der Waals surface area contributed by atoms with Gasteiger partial charge in [-0.25, -0.2) is 4.79 Å². The molecular weight excluding hydrogens is 296 g/mol. The molecule has 0 amide bonds. The maximum absolute atomic E-state index is 12.2. The minimum absolute atomic E-state index is 0.00670. The summed E-state index contributed by atoms with van der Waals surface area (Å²) >= 11 is 0. The molecular formula is C16H24N4O3. The van der Waals surface area contributed by atoms with Gasteiger partial charge in [0.15, 0.2) is 5.56 Å². The molecule has 0 aliphatic heterocycles. The SMILES string of the molecule is CCO[C@H]1C[C@H](N(C)c2c(C#N)c(=O)n(C)c(=O)n2C)C1(C)C. The van der Waals surface area contributed by atoms with Gasteiger partial charge in [-0.3, -0.25) is 13.9 Å². The van der Waals surface area contributed by atoms with E-state index in [-0.39, 0.29) is 23.1 Å². The number of nitriles is 1. The highest BCUT2D eigenvalue weighted by atomic mass is 16.5. The van der Waals surface area contributed by atoms with E-state index in [0.29, 0.717) is 12.4 Å². The molecule has 0 saturated heterocycles. The van der Waals surface area contributed by atoms with Gasteiger partial charge in [0.05, 0.1) is 6.10 Å². The zero-order chi connectivity index (χ0) is 17.5. The predicted molar refractivity (Wildman–Crippen MR) is 87.6 cm³/mol. The first-order chi connectivity index (χ1) is 10.7. The fourth-order valence-corrected chi connectivity index (χ4v) is 3.50. The lowest BCUT2D eigenvalue weighted by Gasteiger charge is -2.55. The number of hydrogen-bond donors (Lipinski definition) is 0. The predicted octanol–water partition coefficient (Wildman–Crippen LogP) is 0.595. The van der Waals surface area contributed by atoms with Crippen LogP contribution in [-0.4, -0.2) is 34.9 Å². The highest BCUT2D eigenvalue weighted by Gasteiger charge is 2.51. The van der Waals surface area contributed by atoms with Gasteiger partial charge in [0.2, 0.25) is 0 Å². The van der Waals surface area contributed by atoms with E-state index >= 15 is 0 Å². The molecule has 1 heterocycles. The number of nitrogens with zero attached hydrogens (tertiary/aromatic N) is 4. The average molecular weight is 320 g/mol. The lowest BCUT2D eigenvalue weighted by Crippen LogP contribution is -2.62. The van der Waals surface area contributed by atoms with Gasteiger partial charge in [0.1, 0.15) is 11.9 Å². The van der Waals surface area contributed by atoms with Crippen molar-refractivity contribution >= 4 is 5.82 Å². The van der Waals surface area contributed by atoms with Crippen molar-refractivity contribution in [2.24, 2.45) is 19.5 Å². The minimum atomic E-state index is -0.559. The van der Waals surface area contributed by atoms with E-state index in [4.69, 9.17) is 4.74 Å². The maximum atomic E-state index is 12.2. The second-order valence-corrected chi connectivity index (χ2v) is 6.64. The van der Waals surface area contributed by atoms with Crippen molar-refractivity contribution in [3.05, 3.63) is 26.4 Å². The quantitative estimate of drug-likeness (QED) is 0.811. The highest BCUT2D eigenvalue weighted by Crippen LogP contribution is 2.46. The van der Waals surface area contributed by atoms with E-state index < -0.39 is 11.2 Å². The molecule has 0 radical (unpaired) electrons. The Bertz CT molecular complexity index is 769. The second-order valence-electron chi connectivity index (χ2n) is 6.64. The largest absolute Gasteiger partial charge is 0.378 e. The van der Waals surface area contributed by atoms with Crippen molar-refractivity contribution < 1.29 is 4.74 Å². The molecule has 0 N–H and O–H groups in total. The molecule has 1 fully saturated rings. The molecule has 1 aromatic rings. The van der Waals surface area contributed by atoms with Crippen LogP contribution in [0.15, 0.2) is 9.59 Å². The molecule has 23 heavy (non-hydrogen) atoms. The first kappa shape index (κ1) is 17.3. The molecule has 1 aromatic heterocycles. The van der Waals surface area contributed by atoms with E-state index in [2.05, 4.69) is 13.8 Å². The summed E-state index contributed by atoms with van der Waals surface area (Å²) in [5, 5.41) is 9.40. The van der Waals surface area contributed by atoms with Crippen LogP contribution < -0.4 is 16.1 Å². The number of hydrogen-bond acceptors (Lipinski definition) is 5. The number of aromatic nitrogens is 2. The molecule has 0 spiro atoms. The third kappa shape index (κ3) is 2.47. The molecule has 1 aliphatic carbocycles. The normalized spacial score (nSPS) is 22.3. The molecule has 0 bridgehead atoms. The van der Waals surface area contributed by atoms with Crippen molar-refractivity contribution in [2.45, 2.75) is 39.3 Å². The van der Waals surface area contributed by atoms with E-state index in [9.17, 15) is 14.9 Å². The minimum Gasteiger partial charge on any atom is -0.378 e. The summed E-state index contributed by atoms with van der Waals surface area (Å²) in [6.45, 7) is 6.82. The van der Waals surface area contributed by atoms with Gasteiger partial charge < -0.3 is 9.64 Å². The molecule has 2 atom stereocenters. The Morgan fingerprint density at radius 3 is 2.43 bits per heavy atom. The van der Waals surface area contributed by atoms with E-state index in [1.54, 1.807) is 7.05 Å². The van der Waals surface area contributed by atoms with Crippen LogP contribution in [0.4, 0.5) is 5.82 Å². The zero-order valence-electron chi connectivity index (χ0n) is 14.6. The smallest absolute Gasteiger partial charge is 0.332 e. The summed E-state index contributed by atoms with van der Waals surface area (Å²) < 4.78 is 8.06. The van der Waals surface area contributed by atoms with Gasteiger partial charge in [-0.2, -0.15) is 5.26 Å². The summed E-state index contributed by atoms with van der Waals surface area (Å²) in [5.41, 5.74) is -1.13. The Morgan fingerprint density at radius 2 is 1.96 bits per heavy atom. The van der Waals surface area contributed by atoms with Crippen LogP contribution in [0.25, 0.3) is 0 Å². The fourth-order valence-electron chi connectivity index (χ4n) is 3.50. The summed E-state index contributed by atoms with van der Waals surface area (Å²) in [6, 6.07) is 2.04. The van der Waals surface area contributed by atoms with E-state index in [0.717, 1.165) is 11.0 Å².